The summed E-state index contributed by atoms with van der Waals surface area (Å²) in [6.45, 7) is 15.1. The number of aliphatic hydroxyl groups excluding tert-OH is 1. The van der Waals surface area contributed by atoms with E-state index in [0.717, 1.165) is 51.4 Å². The molecule has 0 bridgehead atoms. The second-order valence-corrected chi connectivity index (χ2v) is 19.0. The van der Waals surface area contributed by atoms with Gasteiger partial charge in [0.1, 0.15) is 12.2 Å². The van der Waals surface area contributed by atoms with Crippen LogP contribution < -0.4 is 10.6 Å². The first kappa shape index (κ1) is 36.6. The number of nitrogens with one attached hydrogen (secondary N) is 2. The molecule has 5 unspecified atom stereocenters. The highest BCUT2D eigenvalue weighted by atomic mass is 19.4. The average Bonchev–Trinajstić information content (AvgIpc) is 3.64. The molecule has 2 saturated heterocycles. The summed E-state index contributed by atoms with van der Waals surface area (Å²) >= 11 is 0. The SMILES string of the molecule is CNC(=O)O[C@H](C(C)C)C1C[C@@H](C)[C@H]2C(O1)[C@H](O)[C@@]1(C)C3CCC4C(C)(C)[C@@H](OC(=O)NC5CN(CC(F)(F)F)C5)CC[C@@]45CC35CC[C@]21C. The van der Waals surface area contributed by atoms with Gasteiger partial charge in [0.05, 0.1) is 30.9 Å². The Bertz CT molecular complexity index is 1360. The molecule has 2 heterocycles. The molecule has 3 N–H and O–H groups in total. The molecule has 0 radical (unpaired) electrons. The number of halogens is 3. The number of rotatable bonds is 6. The number of hydrogen-bond acceptors (Lipinski definition) is 7. The molecule has 284 valence electrons. The summed E-state index contributed by atoms with van der Waals surface area (Å²) in [6, 6.07) is -0.328. The van der Waals surface area contributed by atoms with Crippen LogP contribution in [0.2, 0.25) is 0 Å². The molecule has 7 fully saturated rings. The number of ether oxygens (including phenoxy) is 3. The topological polar surface area (TPSA) is 109 Å². The van der Waals surface area contributed by atoms with Gasteiger partial charge >= 0.3 is 18.4 Å². The predicted octanol–water partition coefficient (Wildman–Crippen LogP) is 6.52. The molecule has 13 atom stereocenters. The van der Waals surface area contributed by atoms with Crippen LogP contribution in [0.5, 0.6) is 0 Å². The zero-order valence-electron chi connectivity index (χ0n) is 31.2. The summed E-state index contributed by atoms with van der Waals surface area (Å²) in [5.41, 5.74) is -0.375. The minimum absolute atomic E-state index is 0.0679. The second-order valence-electron chi connectivity index (χ2n) is 19.0. The van der Waals surface area contributed by atoms with Crippen molar-refractivity contribution in [3.05, 3.63) is 0 Å². The van der Waals surface area contributed by atoms with Crippen LogP contribution >= 0.6 is 0 Å². The Labute approximate surface area is 295 Å². The van der Waals surface area contributed by atoms with Crippen molar-refractivity contribution >= 4 is 12.2 Å². The first-order valence-electron chi connectivity index (χ1n) is 19.2. The van der Waals surface area contributed by atoms with E-state index in [-0.39, 0.29) is 76.4 Å². The van der Waals surface area contributed by atoms with Crippen molar-refractivity contribution in [1.82, 2.24) is 15.5 Å². The van der Waals surface area contributed by atoms with E-state index in [1.807, 2.05) is 13.8 Å². The Morgan fingerprint density at radius 1 is 1.00 bits per heavy atom. The molecule has 0 aromatic carbocycles. The third-order valence-corrected chi connectivity index (χ3v) is 16.2. The molecule has 2 spiro atoms. The van der Waals surface area contributed by atoms with E-state index in [1.54, 1.807) is 7.05 Å². The van der Waals surface area contributed by atoms with Gasteiger partial charge in [0, 0.05) is 31.0 Å². The summed E-state index contributed by atoms with van der Waals surface area (Å²) in [5, 5.41) is 17.9. The Kier molecular flexibility index (Phi) is 8.67. The molecule has 7 rings (SSSR count). The lowest BCUT2D eigenvalue weighted by atomic mass is 9.41. The van der Waals surface area contributed by atoms with Crippen LogP contribution in [-0.4, -0.2) is 91.6 Å². The smallest absolute Gasteiger partial charge is 0.407 e. The van der Waals surface area contributed by atoms with Crippen LogP contribution in [-0.2, 0) is 14.2 Å². The zero-order valence-corrected chi connectivity index (χ0v) is 31.2. The van der Waals surface area contributed by atoms with Gasteiger partial charge in [-0.15, -0.1) is 0 Å². The van der Waals surface area contributed by atoms with Crippen molar-refractivity contribution in [2.45, 2.75) is 143 Å². The number of amides is 2. The standard InChI is InChI=1S/C38H60F3N3O6/c1-20(2)28(50-31(46)42-8)23-15-21(3)27-29(48-23)30(45)35(7)25-10-9-24-33(4,5)26(11-12-36(24)18-37(25,36)14-13-34(27,35)6)49-32(47)43-22-16-44(17-22)19-38(39,40)41/h20-30,45H,9-19H2,1-8H3,(H,42,46)(H,43,47)/t21-,23?,24?,25?,26+,27+,28-,29?,30+,34-,35-,36-,37?/m1/s1. The number of hydrogen-bond donors (Lipinski definition) is 3. The van der Waals surface area contributed by atoms with Gasteiger partial charge in [0.15, 0.2) is 0 Å². The Balaban J connectivity index is 1.06. The number of aliphatic hydroxyl groups is 1. The van der Waals surface area contributed by atoms with Gasteiger partial charge in [0.25, 0.3) is 0 Å². The van der Waals surface area contributed by atoms with Crippen molar-refractivity contribution in [3.63, 3.8) is 0 Å². The molecule has 0 aromatic heterocycles. The third kappa shape index (κ3) is 5.17. The third-order valence-electron chi connectivity index (χ3n) is 16.2. The molecule has 5 aliphatic carbocycles. The van der Waals surface area contributed by atoms with Crippen molar-refractivity contribution in [2.24, 2.45) is 56.7 Å². The van der Waals surface area contributed by atoms with Crippen molar-refractivity contribution in [3.8, 4) is 0 Å². The average molecular weight is 712 g/mol. The minimum atomic E-state index is -4.24. The number of fused-ring (bicyclic) bond motifs is 4. The highest BCUT2D eigenvalue weighted by Crippen LogP contribution is 2.89. The number of carbonyl (C=O) groups is 2. The van der Waals surface area contributed by atoms with Crippen LogP contribution in [0.3, 0.4) is 0 Å². The van der Waals surface area contributed by atoms with E-state index >= 15 is 0 Å². The maximum atomic E-state index is 13.0. The van der Waals surface area contributed by atoms with Crippen molar-refractivity contribution < 1.29 is 42.1 Å². The van der Waals surface area contributed by atoms with E-state index < -0.39 is 37.1 Å². The molecule has 0 aromatic rings. The molecular formula is C38H60F3N3O6. The van der Waals surface area contributed by atoms with E-state index in [4.69, 9.17) is 14.2 Å². The fourth-order valence-electron chi connectivity index (χ4n) is 13.9. The van der Waals surface area contributed by atoms with E-state index in [0.29, 0.717) is 17.8 Å². The normalized spacial score (nSPS) is 47.0. The van der Waals surface area contributed by atoms with Gasteiger partial charge in [-0.2, -0.15) is 13.2 Å². The highest BCUT2D eigenvalue weighted by Gasteiger charge is 2.84. The Morgan fingerprint density at radius 2 is 1.66 bits per heavy atom. The molecule has 12 heteroatoms. The van der Waals surface area contributed by atoms with Crippen molar-refractivity contribution in [1.29, 1.82) is 0 Å². The summed E-state index contributed by atoms with van der Waals surface area (Å²) in [4.78, 5) is 26.6. The van der Waals surface area contributed by atoms with Crippen LogP contribution in [0.15, 0.2) is 0 Å². The van der Waals surface area contributed by atoms with Crippen LogP contribution in [0, 0.1) is 56.7 Å². The van der Waals surface area contributed by atoms with Crippen LogP contribution in [0.4, 0.5) is 22.8 Å². The van der Waals surface area contributed by atoms with Crippen LogP contribution in [0.25, 0.3) is 0 Å². The minimum Gasteiger partial charge on any atom is -0.446 e. The van der Waals surface area contributed by atoms with E-state index in [2.05, 4.69) is 45.3 Å². The van der Waals surface area contributed by atoms with Gasteiger partial charge in [0.2, 0.25) is 0 Å². The quantitative estimate of drug-likeness (QED) is 0.288. The zero-order chi connectivity index (χ0) is 36.4. The molecule has 50 heavy (non-hydrogen) atoms. The molecule has 5 saturated carbocycles. The summed E-state index contributed by atoms with van der Waals surface area (Å²) in [6.07, 6.45) is 0.782. The highest BCUT2D eigenvalue weighted by molar-refractivity contribution is 5.68. The van der Waals surface area contributed by atoms with Crippen LogP contribution in [0.1, 0.15) is 99.8 Å². The lowest BCUT2D eigenvalue weighted by Crippen LogP contribution is -2.62. The second kappa shape index (κ2) is 11.9. The number of carbonyl (C=O) groups excluding carboxylic acids is 2. The molecule has 9 nitrogen and oxygen atoms in total. The lowest BCUT2D eigenvalue weighted by molar-refractivity contribution is -0.184. The summed E-state index contributed by atoms with van der Waals surface area (Å²) < 4.78 is 57.0. The first-order valence-corrected chi connectivity index (χ1v) is 19.2. The molecule has 2 amide bonds. The first-order chi connectivity index (χ1) is 23.2. The van der Waals surface area contributed by atoms with Gasteiger partial charge in [-0.25, -0.2) is 9.59 Å². The number of nitrogens with zero attached hydrogens (tertiary/aromatic N) is 1. The monoisotopic (exact) mass is 711 g/mol. The van der Waals surface area contributed by atoms with Gasteiger partial charge in [-0.05, 0) is 97.2 Å². The number of likely N-dealkylation sites (tertiary alicyclic amines) is 1. The number of alkyl halides is 3. The number of alkyl carbamates (subject to hydrolysis) is 2. The lowest BCUT2D eigenvalue weighted by Gasteiger charge is -2.63. The van der Waals surface area contributed by atoms with E-state index in [9.17, 15) is 27.9 Å². The molecule has 2 aliphatic heterocycles. The summed E-state index contributed by atoms with van der Waals surface area (Å²) in [7, 11) is 1.57. The molecular weight excluding hydrogens is 651 g/mol. The fourth-order valence-corrected chi connectivity index (χ4v) is 13.9. The Hall–Kier alpha value is -1.79. The largest absolute Gasteiger partial charge is 0.446 e. The van der Waals surface area contributed by atoms with Gasteiger partial charge in [-0.1, -0.05) is 48.5 Å². The maximum absolute atomic E-state index is 13.0. The predicted molar refractivity (Wildman–Crippen MR) is 180 cm³/mol. The molecule has 7 aliphatic rings. The maximum Gasteiger partial charge on any atom is 0.407 e. The van der Waals surface area contributed by atoms with E-state index in [1.165, 1.54) is 4.90 Å². The fraction of sp³-hybridized carbons (Fsp3) is 0.947. The van der Waals surface area contributed by atoms with Gasteiger partial charge < -0.3 is 30.0 Å². The van der Waals surface area contributed by atoms with Crippen molar-refractivity contribution in [2.75, 3.05) is 26.7 Å². The summed E-state index contributed by atoms with van der Waals surface area (Å²) in [5.74, 6) is 1.33. The van der Waals surface area contributed by atoms with Gasteiger partial charge in [-0.3, -0.25) is 4.90 Å². The Morgan fingerprint density at radius 3 is 2.30 bits per heavy atom.